The molecule has 0 radical (unpaired) electrons. The molecule has 0 aliphatic carbocycles. The summed E-state index contributed by atoms with van der Waals surface area (Å²) in [6.45, 7) is 5.93. The molecule has 1 aliphatic rings. The minimum Gasteiger partial charge on any atom is -0.465 e. The minimum atomic E-state index is -1.08. The maximum atomic E-state index is 13.2. The Morgan fingerprint density at radius 1 is 1.32 bits per heavy atom. The molecule has 1 aliphatic heterocycles. The monoisotopic (exact) mass is 428 g/mol. The number of hydrogen-bond acceptors (Lipinski definition) is 5. The lowest BCUT2D eigenvalue weighted by atomic mass is 9.74. The lowest BCUT2D eigenvalue weighted by Crippen LogP contribution is -2.57. The fourth-order valence-electron chi connectivity index (χ4n) is 4.14. The largest absolute Gasteiger partial charge is 0.465 e. The maximum absolute atomic E-state index is 13.2. The van der Waals surface area contributed by atoms with Gasteiger partial charge in [0, 0.05) is 18.4 Å². The maximum Gasteiger partial charge on any atom is 0.407 e. The van der Waals surface area contributed by atoms with Gasteiger partial charge in [-0.05, 0) is 36.1 Å². The number of aromatic nitrogens is 2. The summed E-state index contributed by atoms with van der Waals surface area (Å²) in [6, 6.07) is 6.57. The van der Waals surface area contributed by atoms with Crippen LogP contribution >= 0.6 is 0 Å². The summed E-state index contributed by atoms with van der Waals surface area (Å²) in [5, 5.41) is 27.0. The molecule has 1 unspecified atom stereocenters. The van der Waals surface area contributed by atoms with Crippen molar-refractivity contribution in [3.8, 4) is 6.07 Å². The summed E-state index contributed by atoms with van der Waals surface area (Å²) >= 11 is 0. The molecule has 31 heavy (non-hydrogen) atoms. The first-order valence-corrected chi connectivity index (χ1v) is 9.83. The van der Waals surface area contributed by atoms with Gasteiger partial charge in [-0.15, -0.1) is 0 Å². The van der Waals surface area contributed by atoms with Crippen LogP contribution in [-0.2, 0) is 0 Å². The molecule has 0 bridgehead atoms. The van der Waals surface area contributed by atoms with Crippen molar-refractivity contribution in [3.05, 3.63) is 41.8 Å². The first-order valence-electron chi connectivity index (χ1n) is 9.83. The number of hydrogen-bond donors (Lipinski definition) is 3. The van der Waals surface area contributed by atoms with E-state index in [-0.39, 0.29) is 17.9 Å². The Bertz CT molecular complexity index is 1020. The number of carbonyl (C=O) groups is 2. The summed E-state index contributed by atoms with van der Waals surface area (Å²) in [7, 11) is 0. The number of amides is 2. The Labute approximate surface area is 179 Å². The van der Waals surface area contributed by atoms with Gasteiger partial charge in [-0.25, -0.2) is 9.18 Å². The number of carboxylic acid groups (broad SMARTS) is 1. The fourth-order valence-corrected chi connectivity index (χ4v) is 4.14. The number of benzene rings is 1. The van der Waals surface area contributed by atoms with Crippen LogP contribution in [0.2, 0.25) is 0 Å². The second-order valence-corrected chi connectivity index (χ2v) is 8.67. The highest BCUT2D eigenvalue weighted by atomic mass is 19.1. The van der Waals surface area contributed by atoms with Crippen molar-refractivity contribution in [2.45, 2.75) is 39.3 Å². The number of nitrogens with two attached hydrogens (primary N) is 1. The number of anilines is 2. The number of likely N-dealkylation sites (tertiary alicyclic amines) is 1. The first kappa shape index (κ1) is 22.1. The zero-order chi connectivity index (χ0) is 22.9. The second kappa shape index (κ2) is 8.26. The van der Waals surface area contributed by atoms with Crippen molar-refractivity contribution in [3.63, 3.8) is 0 Å². The van der Waals surface area contributed by atoms with E-state index in [1.165, 1.54) is 40.0 Å². The van der Waals surface area contributed by atoms with Gasteiger partial charge in [0.25, 0.3) is 5.91 Å². The van der Waals surface area contributed by atoms with Gasteiger partial charge in [0.15, 0.2) is 5.82 Å². The Balaban J connectivity index is 2.09. The molecular formula is C21H25FN6O3. The van der Waals surface area contributed by atoms with Crippen LogP contribution in [0.3, 0.4) is 0 Å². The highest BCUT2D eigenvalue weighted by Crippen LogP contribution is 2.42. The number of nitrogens with zero attached hydrogens (tertiary/aromatic N) is 4. The third-order valence-electron chi connectivity index (χ3n) is 5.46. The van der Waals surface area contributed by atoms with Crippen molar-refractivity contribution in [1.29, 1.82) is 5.26 Å². The van der Waals surface area contributed by atoms with E-state index < -0.39 is 41.2 Å². The van der Waals surface area contributed by atoms with E-state index in [2.05, 4.69) is 16.5 Å². The average molecular weight is 428 g/mol. The molecule has 2 aromatic rings. The lowest BCUT2D eigenvalue weighted by molar-refractivity contribution is 0.00841. The summed E-state index contributed by atoms with van der Waals surface area (Å²) in [5.74, 6) is -1.51. The molecule has 3 rings (SSSR count). The minimum absolute atomic E-state index is 0.0844. The molecule has 2 heterocycles. The smallest absolute Gasteiger partial charge is 0.407 e. The van der Waals surface area contributed by atoms with Gasteiger partial charge in [0.2, 0.25) is 0 Å². The quantitative estimate of drug-likeness (QED) is 0.683. The third-order valence-corrected chi connectivity index (χ3v) is 5.46. The fraction of sp³-hybridized carbons (Fsp3) is 0.429. The molecule has 1 aromatic heterocycles. The van der Waals surface area contributed by atoms with Gasteiger partial charge in [-0.2, -0.15) is 10.4 Å². The summed E-state index contributed by atoms with van der Waals surface area (Å²) in [6.07, 6.45) is 0.702. The van der Waals surface area contributed by atoms with Crippen LogP contribution in [0.25, 0.3) is 0 Å². The molecule has 2 amide bonds. The molecule has 3 atom stereocenters. The zero-order valence-corrected chi connectivity index (χ0v) is 17.5. The van der Waals surface area contributed by atoms with E-state index in [0.717, 1.165) is 0 Å². The van der Waals surface area contributed by atoms with Gasteiger partial charge in [0.05, 0.1) is 24.1 Å². The zero-order valence-electron chi connectivity index (χ0n) is 17.5. The number of rotatable bonds is 4. The van der Waals surface area contributed by atoms with E-state index >= 15 is 0 Å². The molecule has 0 saturated carbocycles. The van der Waals surface area contributed by atoms with Crippen LogP contribution in [0.15, 0.2) is 30.5 Å². The Morgan fingerprint density at radius 3 is 2.48 bits per heavy atom. The number of piperidine rings is 1. The molecule has 164 valence electrons. The molecule has 4 N–H and O–H groups in total. The van der Waals surface area contributed by atoms with E-state index in [9.17, 15) is 24.3 Å². The SMILES string of the molecule is CC(C)(C)C1[C@@H](n2cc(C(N)=O)c(Nc3ccc(F)cc3)n2)[C@H](C#N)CCN1C(=O)O. The van der Waals surface area contributed by atoms with Crippen molar-refractivity contribution < 1.29 is 19.1 Å². The van der Waals surface area contributed by atoms with Gasteiger partial charge in [0.1, 0.15) is 11.4 Å². The van der Waals surface area contributed by atoms with Crippen molar-refractivity contribution in [2.75, 3.05) is 11.9 Å². The number of nitriles is 1. The van der Waals surface area contributed by atoms with Crippen LogP contribution < -0.4 is 11.1 Å². The predicted molar refractivity (Wildman–Crippen MR) is 111 cm³/mol. The third kappa shape index (κ3) is 4.45. The first-order chi connectivity index (χ1) is 14.5. The van der Waals surface area contributed by atoms with Crippen LogP contribution in [0.4, 0.5) is 20.7 Å². The summed E-state index contributed by atoms with van der Waals surface area (Å²) < 4.78 is 14.7. The molecule has 1 fully saturated rings. The molecule has 1 saturated heterocycles. The number of nitrogens with one attached hydrogen (secondary N) is 1. The van der Waals surface area contributed by atoms with Crippen molar-refractivity contribution in [1.82, 2.24) is 14.7 Å². The van der Waals surface area contributed by atoms with Crippen molar-refractivity contribution in [2.24, 2.45) is 17.1 Å². The topological polar surface area (TPSA) is 137 Å². The molecule has 1 aromatic carbocycles. The normalized spacial score (nSPS) is 21.4. The average Bonchev–Trinajstić information content (AvgIpc) is 3.11. The highest BCUT2D eigenvalue weighted by molar-refractivity contribution is 5.98. The van der Waals surface area contributed by atoms with Gasteiger partial charge in [-0.1, -0.05) is 20.8 Å². The van der Waals surface area contributed by atoms with Crippen LogP contribution in [-0.4, -0.2) is 44.4 Å². The van der Waals surface area contributed by atoms with Crippen LogP contribution in [0.1, 0.15) is 43.6 Å². The van der Waals surface area contributed by atoms with E-state index in [0.29, 0.717) is 12.1 Å². The van der Waals surface area contributed by atoms with E-state index in [4.69, 9.17) is 5.73 Å². The number of carbonyl (C=O) groups excluding carboxylic acids is 1. The Morgan fingerprint density at radius 2 is 1.97 bits per heavy atom. The van der Waals surface area contributed by atoms with Crippen LogP contribution in [0, 0.1) is 28.5 Å². The molecular weight excluding hydrogens is 403 g/mol. The van der Waals surface area contributed by atoms with E-state index in [1.54, 1.807) is 0 Å². The molecule has 10 heteroatoms. The summed E-state index contributed by atoms with van der Waals surface area (Å²) in [4.78, 5) is 25.3. The molecule has 9 nitrogen and oxygen atoms in total. The van der Waals surface area contributed by atoms with E-state index in [1.807, 2.05) is 20.8 Å². The van der Waals surface area contributed by atoms with Gasteiger partial charge in [-0.3, -0.25) is 9.48 Å². The standard InChI is InChI=1S/C21H25FN6O3/c1-21(2,3)17-16(12(10-23)8-9-27(17)20(30)31)28-11-15(18(24)29)19(26-28)25-14-6-4-13(22)5-7-14/h4-7,11-12,16-17H,8-9H2,1-3H3,(H2,24,29)(H,25,26)(H,30,31)/t12-,16-,17?/m0/s1. The summed E-state index contributed by atoms with van der Waals surface area (Å²) in [5.41, 5.74) is 5.60. The second-order valence-electron chi connectivity index (χ2n) is 8.67. The van der Waals surface area contributed by atoms with Gasteiger partial charge >= 0.3 is 6.09 Å². The number of primary amides is 1. The number of halogens is 1. The Hall–Kier alpha value is -3.61. The predicted octanol–water partition coefficient (Wildman–Crippen LogP) is 3.34. The molecule has 0 spiro atoms. The van der Waals surface area contributed by atoms with Crippen LogP contribution in [0.5, 0.6) is 0 Å². The Kier molecular flexibility index (Phi) is 5.88. The highest BCUT2D eigenvalue weighted by Gasteiger charge is 2.48. The van der Waals surface area contributed by atoms with Crippen molar-refractivity contribution >= 4 is 23.5 Å². The lowest BCUT2D eigenvalue weighted by Gasteiger charge is -2.48. The van der Waals surface area contributed by atoms with Gasteiger partial charge < -0.3 is 21.1 Å².